The Balaban J connectivity index is 3.05. The molecule has 0 aliphatic carbocycles. The maximum absolute atomic E-state index is 10.7. The molecule has 1 aromatic carbocycles. The quantitative estimate of drug-likeness (QED) is 0.598. The lowest BCUT2D eigenvalue weighted by Crippen LogP contribution is -2.13. The maximum atomic E-state index is 10.7. The lowest BCUT2D eigenvalue weighted by molar-refractivity contribution is -0.385. The Morgan fingerprint density at radius 3 is 2.69 bits per heavy atom. The molecular formula is C10H11NO5. The van der Waals surface area contributed by atoms with Gasteiger partial charge in [0, 0.05) is 11.6 Å². The second kappa shape index (κ2) is 4.61. The van der Waals surface area contributed by atoms with E-state index in [0.717, 1.165) is 0 Å². The number of benzene rings is 1. The van der Waals surface area contributed by atoms with E-state index in [1.54, 1.807) is 0 Å². The van der Waals surface area contributed by atoms with Crippen LogP contribution in [-0.4, -0.2) is 21.1 Å². The van der Waals surface area contributed by atoms with Gasteiger partial charge in [-0.3, -0.25) is 14.9 Å². The number of carboxylic acids is 1. The van der Waals surface area contributed by atoms with E-state index in [0.29, 0.717) is 0 Å². The highest BCUT2D eigenvalue weighted by molar-refractivity contribution is 5.70. The van der Waals surface area contributed by atoms with Gasteiger partial charge in [0.25, 0.3) is 5.69 Å². The summed E-state index contributed by atoms with van der Waals surface area (Å²) in [7, 11) is 0. The van der Waals surface area contributed by atoms with Gasteiger partial charge in [0.1, 0.15) is 5.75 Å². The fourth-order valence-corrected chi connectivity index (χ4v) is 1.33. The first-order valence-corrected chi connectivity index (χ1v) is 4.61. The van der Waals surface area contributed by atoms with E-state index in [9.17, 15) is 20.0 Å². The number of phenols is 1. The summed E-state index contributed by atoms with van der Waals surface area (Å²) in [5.41, 5.74) is 0.0470. The summed E-state index contributed by atoms with van der Waals surface area (Å²) >= 11 is 0. The molecule has 6 nitrogen and oxygen atoms in total. The minimum atomic E-state index is -1.03. The van der Waals surface area contributed by atoms with E-state index in [4.69, 9.17) is 5.11 Å². The molecule has 0 aliphatic rings. The Morgan fingerprint density at radius 1 is 1.56 bits per heavy atom. The minimum absolute atomic E-state index is 0.0139. The molecule has 0 saturated carbocycles. The van der Waals surface area contributed by atoms with E-state index >= 15 is 0 Å². The number of aliphatic carboxylic acids is 1. The van der Waals surface area contributed by atoms with Crippen LogP contribution in [0.15, 0.2) is 18.2 Å². The van der Waals surface area contributed by atoms with E-state index in [1.165, 1.54) is 25.1 Å². The topological polar surface area (TPSA) is 101 Å². The van der Waals surface area contributed by atoms with Gasteiger partial charge in [0.2, 0.25) is 0 Å². The summed E-state index contributed by atoms with van der Waals surface area (Å²) in [6.07, 6.45) is 0.0139. The van der Waals surface area contributed by atoms with Crippen LogP contribution in [-0.2, 0) is 11.2 Å². The molecule has 1 atom stereocenters. The predicted molar refractivity (Wildman–Crippen MR) is 55.3 cm³/mol. The Hall–Kier alpha value is -2.11. The lowest BCUT2D eigenvalue weighted by Gasteiger charge is -2.07. The number of nitro benzene ring substituents is 1. The van der Waals surface area contributed by atoms with Crippen molar-refractivity contribution >= 4 is 11.7 Å². The van der Waals surface area contributed by atoms with Crippen LogP contribution >= 0.6 is 0 Å². The molecule has 0 saturated heterocycles. The third kappa shape index (κ3) is 2.69. The fourth-order valence-electron chi connectivity index (χ4n) is 1.33. The van der Waals surface area contributed by atoms with Crippen molar-refractivity contribution in [1.29, 1.82) is 0 Å². The highest BCUT2D eigenvalue weighted by Crippen LogP contribution is 2.25. The van der Waals surface area contributed by atoms with E-state index in [1.807, 2.05) is 0 Å². The Labute approximate surface area is 91.3 Å². The van der Waals surface area contributed by atoms with Gasteiger partial charge in [-0.25, -0.2) is 0 Å². The average molecular weight is 225 g/mol. The number of carboxylic acid groups (broad SMARTS) is 1. The third-order valence-corrected chi connectivity index (χ3v) is 2.21. The minimum Gasteiger partial charge on any atom is -0.508 e. The fraction of sp³-hybridized carbons (Fsp3) is 0.300. The first-order valence-electron chi connectivity index (χ1n) is 4.61. The zero-order valence-electron chi connectivity index (χ0n) is 8.58. The standard InChI is InChI=1S/C10H11NO5/c1-6(10(13)14)4-7-5-8(12)2-3-9(7)11(15)16/h2-3,5-6,12H,4H2,1H3,(H,13,14). The summed E-state index contributed by atoms with van der Waals surface area (Å²) in [6.45, 7) is 1.45. The van der Waals surface area contributed by atoms with Crippen molar-refractivity contribution in [1.82, 2.24) is 0 Å². The molecule has 6 heteroatoms. The maximum Gasteiger partial charge on any atom is 0.306 e. The number of rotatable bonds is 4. The van der Waals surface area contributed by atoms with Crippen LogP contribution in [0.2, 0.25) is 0 Å². The van der Waals surface area contributed by atoms with E-state index in [2.05, 4.69) is 0 Å². The highest BCUT2D eigenvalue weighted by Gasteiger charge is 2.19. The van der Waals surface area contributed by atoms with Crippen LogP contribution in [0, 0.1) is 16.0 Å². The van der Waals surface area contributed by atoms with Gasteiger partial charge >= 0.3 is 5.97 Å². The lowest BCUT2D eigenvalue weighted by atomic mass is 10.00. The van der Waals surface area contributed by atoms with Crippen molar-refractivity contribution in [3.63, 3.8) is 0 Å². The SMILES string of the molecule is CC(Cc1cc(O)ccc1[N+](=O)[O-])C(=O)O. The zero-order chi connectivity index (χ0) is 12.3. The van der Waals surface area contributed by atoms with Gasteiger partial charge < -0.3 is 10.2 Å². The number of phenolic OH excluding ortho intramolecular Hbond substituents is 1. The molecule has 1 rings (SSSR count). The largest absolute Gasteiger partial charge is 0.508 e. The number of hydrogen-bond donors (Lipinski definition) is 2. The van der Waals surface area contributed by atoms with Crippen molar-refractivity contribution in [2.45, 2.75) is 13.3 Å². The van der Waals surface area contributed by atoms with Crippen LogP contribution in [0.4, 0.5) is 5.69 Å². The number of carbonyl (C=O) groups is 1. The summed E-state index contributed by atoms with van der Waals surface area (Å²) in [5.74, 6) is -1.88. The Morgan fingerprint density at radius 2 is 2.19 bits per heavy atom. The highest BCUT2D eigenvalue weighted by atomic mass is 16.6. The molecule has 0 bridgehead atoms. The van der Waals surface area contributed by atoms with Gasteiger partial charge in [0.05, 0.1) is 10.8 Å². The molecule has 0 aliphatic heterocycles. The first kappa shape index (κ1) is 12.0. The zero-order valence-corrected chi connectivity index (χ0v) is 8.58. The number of aromatic hydroxyl groups is 1. The van der Waals surface area contributed by atoms with Gasteiger partial charge in [0.15, 0.2) is 0 Å². The van der Waals surface area contributed by atoms with Crippen LogP contribution in [0.1, 0.15) is 12.5 Å². The van der Waals surface area contributed by atoms with Crippen molar-refractivity contribution < 1.29 is 19.9 Å². The summed E-state index contributed by atoms with van der Waals surface area (Å²) < 4.78 is 0. The molecule has 0 amide bonds. The van der Waals surface area contributed by atoms with Gasteiger partial charge in [-0.15, -0.1) is 0 Å². The van der Waals surface area contributed by atoms with Crippen LogP contribution in [0.5, 0.6) is 5.75 Å². The summed E-state index contributed by atoms with van der Waals surface area (Å²) in [5, 5.41) is 28.6. The van der Waals surface area contributed by atoms with Crippen molar-refractivity contribution in [3.05, 3.63) is 33.9 Å². The molecule has 2 N–H and O–H groups in total. The number of nitrogens with zero attached hydrogens (tertiary/aromatic N) is 1. The van der Waals surface area contributed by atoms with Gasteiger partial charge in [-0.2, -0.15) is 0 Å². The molecule has 0 spiro atoms. The predicted octanol–water partition coefficient (Wildman–Crippen LogP) is 1.56. The molecular weight excluding hydrogens is 214 g/mol. The molecule has 1 unspecified atom stereocenters. The normalized spacial score (nSPS) is 12.1. The smallest absolute Gasteiger partial charge is 0.306 e. The van der Waals surface area contributed by atoms with Crippen LogP contribution < -0.4 is 0 Å². The monoisotopic (exact) mass is 225 g/mol. The molecule has 0 fully saturated rings. The second-order valence-electron chi connectivity index (χ2n) is 3.51. The molecule has 1 aromatic rings. The first-order chi connectivity index (χ1) is 7.41. The molecule has 0 heterocycles. The van der Waals surface area contributed by atoms with E-state index in [-0.39, 0.29) is 23.4 Å². The van der Waals surface area contributed by atoms with E-state index < -0.39 is 16.8 Å². The van der Waals surface area contributed by atoms with Crippen molar-refractivity contribution in [3.8, 4) is 5.75 Å². The second-order valence-corrected chi connectivity index (χ2v) is 3.51. The summed E-state index contributed by atoms with van der Waals surface area (Å²) in [4.78, 5) is 20.7. The van der Waals surface area contributed by atoms with Gasteiger partial charge in [-0.1, -0.05) is 6.92 Å². The number of nitro groups is 1. The Bertz CT molecular complexity index is 429. The van der Waals surface area contributed by atoms with Crippen LogP contribution in [0.25, 0.3) is 0 Å². The van der Waals surface area contributed by atoms with Crippen molar-refractivity contribution in [2.24, 2.45) is 5.92 Å². The third-order valence-electron chi connectivity index (χ3n) is 2.21. The molecule has 86 valence electrons. The molecule has 16 heavy (non-hydrogen) atoms. The Kier molecular flexibility index (Phi) is 3.44. The molecule has 0 radical (unpaired) electrons. The van der Waals surface area contributed by atoms with Gasteiger partial charge in [-0.05, 0) is 18.6 Å². The average Bonchev–Trinajstić information content (AvgIpc) is 2.16. The van der Waals surface area contributed by atoms with Crippen LogP contribution in [0.3, 0.4) is 0 Å². The number of hydrogen-bond acceptors (Lipinski definition) is 4. The van der Waals surface area contributed by atoms with Crippen molar-refractivity contribution in [2.75, 3.05) is 0 Å². The molecule has 0 aromatic heterocycles. The summed E-state index contributed by atoms with van der Waals surface area (Å²) in [6, 6.07) is 3.59.